The molecule has 0 radical (unpaired) electrons. The maximum absolute atomic E-state index is 13.1. The van der Waals surface area contributed by atoms with Gasteiger partial charge in [-0.15, -0.1) is 0 Å². The summed E-state index contributed by atoms with van der Waals surface area (Å²) in [6, 6.07) is 10.9. The minimum atomic E-state index is -0.738. The number of imide groups is 1. The summed E-state index contributed by atoms with van der Waals surface area (Å²) < 4.78 is 10.5. The number of amides is 3. The molecule has 0 aromatic heterocycles. The molecule has 0 atom stereocenters. The largest absolute Gasteiger partial charge is 0.497 e. The van der Waals surface area contributed by atoms with Gasteiger partial charge in [-0.25, -0.2) is 4.90 Å². The SMILES string of the molecule is COc1ccc(OC)c(NC(=O)c2cccc(N3C(=O)c4c(Cl)c(Cl)c(Cl)c(Cl)c4C3=O)c2)c1. The highest BCUT2D eigenvalue weighted by Gasteiger charge is 2.42. The first-order chi connectivity index (χ1) is 16.2. The Hall–Kier alpha value is -2.97. The summed E-state index contributed by atoms with van der Waals surface area (Å²) in [7, 11) is 2.97. The molecular weight excluding hydrogens is 526 g/mol. The third kappa shape index (κ3) is 3.95. The Bertz CT molecular complexity index is 1330. The number of nitrogens with one attached hydrogen (secondary N) is 1. The van der Waals surface area contributed by atoms with E-state index in [1.165, 1.54) is 38.5 Å². The van der Waals surface area contributed by atoms with Gasteiger partial charge in [0, 0.05) is 11.6 Å². The quantitative estimate of drug-likeness (QED) is 0.231. The van der Waals surface area contributed by atoms with Crippen molar-refractivity contribution >= 4 is 75.5 Å². The first-order valence-electron chi connectivity index (χ1n) is 9.57. The van der Waals surface area contributed by atoms with Crippen molar-refractivity contribution in [2.75, 3.05) is 24.4 Å². The van der Waals surface area contributed by atoms with Crippen LogP contribution in [-0.2, 0) is 0 Å². The molecular formula is C23H14Cl4N2O5. The van der Waals surface area contributed by atoms with E-state index in [1.54, 1.807) is 18.2 Å². The monoisotopic (exact) mass is 538 g/mol. The molecule has 1 aliphatic rings. The van der Waals surface area contributed by atoms with E-state index in [0.717, 1.165) is 4.90 Å². The van der Waals surface area contributed by atoms with Crippen LogP contribution in [0.5, 0.6) is 11.5 Å². The van der Waals surface area contributed by atoms with Gasteiger partial charge in [-0.3, -0.25) is 14.4 Å². The Morgan fingerprint density at radius 3 is 2.00 bits per heavy atom. The van der Waals surface area contributed by atoms with Crippen LogP contribution in [0.25, 0.3) is 0 Å². The highest BCUT2D eigenvalue weighted by atomic mass is 35.5. The minimum Gasteiger partial charge on any atom is -0.497 e. The van der Waals surface area contributed by atoms with Crippen LogP contribution in [0.4, 0.5) is 11.4 Å². The third-order valence-electron chi connectivity index (χ3n) is 5.12. The second-order valence-corrected chi connectivity index (χ2v) is 8.53. The topological polar surface area (TPSA) is 84.9 Å². The highest BCUT2D eigenvalue weighted by Crippen LogP contribution is 2.45. The number of methoxy groups -OCH3 is 2. The van der Waals surface area contributed by atoms with Gasteiger partial charge < -0.3 is 14.8 Å². The molecule has 7 nitrogen and oxygen atoms in total. The van der Waals surface area contributed by atoms with Crippen LogP contribution < -0.4 is 19.7 Å². The number of carbonyl (C=O) groups is 3. The maximum atomic E-state index is 13.1. The summed E-state index contributed by atoms with van der Waals surface area (Å²) in [5.74, 6) is -1.05. The van der Waals surface area contributed by atoms with E-state index in [4.69, 9.17) is 55.9 Å². The van der Waals surface area contributed by atoms with E-state index in [0.29, 0.717) is 17.2 Å². The lowest BCUT2D eigenvalue weighted by Gasteiger charge is -2.16. The van der Waals surface area contributed by atoms with Crippen molar-refractivity contribution in [3.63, 3.8) is 0 Å². The lowest BCUT2D eigenvalue weighted by Crippen LogP contribution is -2.29. The second kappa shape index (κ2) is 9.35. The molecule has 0 unspecified atom stereocenters. The average Bonchev–Trinajstić information content (AvgIpc) is 3.11. The second-order valence-electron chi connectivity index (χ2n) is 7.02. The highest BCUT2D eigenvalue weighted by molar-refractivity contribution is 6.56. The summed E-state index contributed by atoms with van der Waals surface area (Å²) in [4.78, 5) is 40.0. The molecule has 0 bridgehead atoms. The Kier molecular flexibility index (Phi) is 6.64. The molecule has 0 saturated carbocycles. The molecule has 1 N–H and O–H groups in total. The van der Waals surface area contributed by atoms with Crippen LogP contribution in [-0.4, -0.2) is 31.9 Å². The number of fused-ring (bicyclic) bond motifs is 1. The molecule has 0 spiro atoms. The first-order valence-corrected chi connectivity index (χ1v) is 11.1. The maximum Gasteiger partial charge on any atom is 0.267 e. The van der Waals surface area contributed by atoms with Gasteiger partial charge >= 0.3 is 0 Å². The third-order valence-corrected chi connectivity index (χ3v) is 6.92. The molecule has 1 heterocycles. The van der Waals surface area contributed by atoms with E-state index in [-0.39, 0.29) is 42.5 Å². The van der Waals surface area contributed by atoms with Crippen LogP contribution in [0.3, 0.4) is 0 Å². The Balaban J connectivity index is 1.69. The lowest BCUT2D eigenvalue weighted by atomic mass is 10.1. The summed E-state index contributed by atoms with van der Waals surface area (Å²) >= 11 is 24.5. The van der Waals surface area contributed by atoms with Crippen LogP contribution >= 0.6 is 46.4 Å². The van der Waals surface area contributed by atoms with Gasteiger partial charge in [0.05, 0.1) is 56.8 Å². The van der Waals surface area contributed by atoms with Crippen molar-refractivity contribution in [1.29, 1.82) is 0 Å². The van der Waals surface area contributed by atoms with Crippen molar-refractivity contribution in [2.45, 2.75) is 0 Å². The number of hydrogen-bond acceptors (Lipinski definition) is 5. The number of anilines is 2. The molecule has 0 saturated heterocycles. The number of hydrogen-bond donors (Lipinski definition) is 1. The van der Waals surface area contributed by atoms with E-state index < -0.39 is 17.7 Å². The van der Waals surface area contributed by atoms with Gasteiger partial charge in [0.25, 0.3) is 17.7 Å². The predicted molar refractivity (Wildman–Crippen MR) is 132 cm³/mol. The Morgan fingerprint density at radius 2 is 1.44 bits per heavy atom. The Labute approximate surface area is 214 Å². The number of benzene rings is 3. The number of ether oxygens (including phenoxy) is 2. The summed E-state index contributed by atoms with van der Waals surface area (Å²) in [5.41, 5.74) is 0.382. The van der Waals surface area contributed by atoms with Crippen LogP contribution in [0, 0.1) is 0 Å². The van der Waals surface area contributed by atoms with E-state index in [1.807, 2.05) is 0 Å². The van der Waals surface area contributed by atoms with Crippen molar-refractivity contribution in [1.82, 2.24) is 0 Å². The Morgan fingerprint density at radius 1 is 0.824 bits per heavy atom. The van der Waals surface area contributed by atoms with Crippen molar-refractivity contribution in [3.8, 4) is 11.5 Å². The van der Waals surface area contributed by atoms with Crippen LogP contribution in [0.15, 0.2) is 42.5 Å². The molecule has 0 aliphatic carbocycles. The fourth-order valence-electron chi connectivity index (χ4n) is 3.48. The van der Waals surface area contributed by atoms with Gasteiger partial charge in [0.2, 0.25) is 0 Å². The zero-order chi connectivity index (χ0) is 24.7. The van der Waals surface area contributed by atoms with Crippen LogP contribution in [0.2, 0.25) is 20.1 Å². The number of nitrogens with zero attached hydrogens (tertiary/aromatic N) is 1. The van der Waals surface area contributed by atoms with E-state index in [2.05, 4.69) is 5.32 Å². The first kappa shape index (κ1) is 24.2. The van der Waals surface area contributed by atoms with Gasteiger partial charge in [-0.05, 0) is 30.3 Å². The van der Waals surface area contributed by atoms with Crippen molar-refractivity contribution in [2.24, 2.45) is 0 Å². The van der Waals surface area contributed by atoms with Crippen LogP contribution in [0.1, 0.15) is 31.1 Å². The summed E-state index contributed by atoms with van der Waals surface area (Å²) in [6.07, 6.45) is 0. The predicted octanol–water partition coefficient (Wildman–Crippen LogP) is 6.37. The molecule has 0 fully saturated rings. The molecule has 3 amide bonds. The molecule has 1 aliphatic heterocycles. The fourth-order valence-corrected chi connectivity index (χ4v) is 4.49. The lowest BCUT2D eigenvalue weighted by molar-refractivity contribution is 0.0924. The number of halogens is 4. The molecule has 3 aromatic rings. The molecule has 4 rings (SSSR count). The molecule has 174 valence electrons. The zero-order valence-corrected chi connectivity index (χ0v) is 20.6. The fraction of sp³-hybridized carbons (Fsp3) is 0.0870. The standard InChI is InChI=1S/C23H14Cl4N2O5/c1-33-12-6-7-14(34-2)13(9-12)28-21(30)10-4-3-5-11(8-10)29-22(31)15-16(23(29)32)18(25)20(27)19(26)17(15)24/h3-9H,1-2H3,(H,28,30). The van der Waals surface area contributed by atoms with Gasteiger partial charge in [-0.1, -0.05) is 52.5 Å². The van der Waals surface area contributed by atoms with Crippen molar-refractivity contribution < 1.29 is 23.9 Å². The zero-order valence-electron chi connectivity index (χ0n) is 17.5. The molecule has 34 heavy (non-hydrogen) atoms. The van der Waals surface area contributed by atoms with Gasteiger partial charge in [0.15, 0.2) is 0 Å². The van der Waals surface area contributed by atoms with E-state index >= 15 is 0 Å². The summed E-state index contributed by atoms with van der Waals surface area (Å²) in [5, 5.41) is 2.13. The smallest absolute Gasteiger partial charge is 0.267 e. The van der Waals surface area contributed by atoms with Gasteiger partial charge in [-0.2, -0.15) is 0 Å². The van der Waals surface area contributed by atoms with Crippen molar-refractivity contribution in [3.05, 3.63) is 79.2 Å². The number of rotatable bonds is 5. The number of carbonyl (C=O) groups excluding carboxylic acids is 3. The normalized spacial score (nSPS) is 12.6. The summed E-state index contributed by atoms with van der Waals surface area (Å²) in [6.45, 7) is 0. The molecule has 11 heteroatoms. The average molecular weight is 540 g/mol. The van der Waals surface area contributed by atoms with Gasteiger partial charge in [0.1, 0.15) is 11.5 Å². The van der Waals surface area contributed by atoms with E-state index in [9.17, 15) is 14.4 Å². The minimum absolute atomic E-state index is 0.129. The molecule has 3 aromatic carbocycles.